The molecule has 2 N–H and O–H groups in total. The summed E-state index contributed by atoms with van der Waals surface area (Å²) in [6, 6.07) is 2.29. The summed E-state index contributed by atoms with van der Waals surface area (Å²) in [5.74, 6) is -1.11. The largest absolute Gasteiger partial charge is 0.507 e. The SMILES string of the molecule is CCN(CC)C(=O)c1sc2c([N+](=O)[O-])ccc(O)c2c1O. The van der Waals surface area contributed by atoms with Crippen LogP contribution in [0.3, 0.4) is 0 Å². The van der Waals surface area contributed by atoms with Crippen molar-refractivity contribution in [2.24, 2.45) is 0 Å². The van der Waals surface area contributed by atoms with Crippen molar-refractivity contribution in [1.29, 1.82) is 0 Å². The molecule has 0 radical (unpaired) electrons. The van der Waals surface area contributed by atoms with Crippen LogP contribution in [0, 0.1) is 10.1 Å². The van der Waals surface area contributed by atoms with Gasteiger partial charge < -0.3 is 15.1 Å². The summed E-state index contributed by atoms with van der Waals surface area (Å²) in [4.78, 5) is 24.2. The molecule has 0 unspecified atom stereocenters. The van der Waals surface area contributed by atoms with Crippen molar-refractivity contribution in [3.05, 3.63) is 27.1 Å². The zero-order valence-electron chi connectivity index (χ0n) is 11.5. The fraction of sp³-hybridized carbons (Fsp3) is 0.308. The Hall–Kier alpha value is -2.35. The number of carbonyl (C=O) groups excluding carboxylic acids is 1. The lowest BCUT2D eigenvalue weighted by Gasteiger charge is -2.17. The van der Waals surface area contributed by atoms with E-state index >= 15 is 0 Å². The molecule has 112 valence electrons. The molecule has 7 nitrogen and oxygen atoms in total. The van der Waals surface area contributed by atoms with Gasteiger partial charge in [-0.15, -0.1) is 11.3 Å². The highest BCUT2D eigenvalue weighted by Crippen LogP contribution is 2.46. The van der Waals surface area contributed by atoms with E-state index in [-0.39, 0.29) is 26.4 Å². The smallest absolute Gasteiger partial charge is 0.287 e. The first-order chi connectivity index (χ1) is 9.92. The van der Waals surface area contributed by atoms with Gasteiger partial charge in [-0.2, -0.15) is 0 Å². The normalized spacial score (nSPS) is 10.8. The number of nitro benzene ring substituents is 1. The van der Waals surface area contributed by atoms with Gasteiger partial charge in [-0.3, -0.25) is 14.9 Å². The topological polar surface area (TPSA) is 104 Å². The lowest BCUT2D eigenvalue weighted by atomic mass is 10.2. The number of phenols is 1. The summed E-state index contributed by atoms with van der Waals surface area (Å²) in [7, 11) is 0. The van der Waals surface area contributed by atoms with Gasteiger partial charge in [0.1, 0.15) is 15.3 Å². The first kappa shape index (κ1) is 15.0. The van der Waals surface area contributed by atoms with Crippen molar-refractivity contribution >= 4 is 33.0 Å². The molecule has 2 rings (SSSR count). The van der Waals surface area contributed by atoms with E-state index in [1.807, 2.05) is 0 Å². The first-order valence-electron chi connectivity index (χ1n) is 6.33. The average molecular weight is 310 g/mol. The van der Waals surface area contributed by atoms with Crippen LogP contribution < -0.4 is 0 Å². The standard InChI is InChI=1S/C13H14N2O5S/c1-3-14(4-2)13(18)12-10(17)9-8(16)6-5-7(15(19)20)11(9)21-12/h5-6,16-17H,3-4H2,1-2H3. The molecule has 0 aliphatic heterocycles. The molecule has 0 saturated carbocycles. The van der Waals surface area contributed by atoms with E-state index in [9.17, 15) is 25.1 Å². The number of non-ortho nitro benzene ring substituents is 1. The summed E-state index contributed by atoms with van der Waals surface area (Å²) in [6.07, 6.45) is 0. The van der Waals surface area contributed by atoms with Crippen LogP contribution in [-0.2, 0) is 0 Å². The predicted octanol–water partition coefficient (Wildman–Crippen LogP) is 2.70. The molecule has 1 heterocycles. The number of rotatable bonds is 4. The van der Waals surface area contributed by atoms with Gasteiger partial charge in [0.2, 0.25) is 0 Å². The summed E-state index contributed by atoms with van der Waals surface area (Å²) < 4.78 is 0.0907. The molecule has 0 aliphatic carbocycles. The third kappa shape index (κ3) is 2.38. The Bertz CT molecular complexity index is 721. The molecule has 0 atom stereocenters. The third-order valence-electron chi connectivity index (χ3n) is 3.21. The second-order valence-electron chi connectivity index (χ2n) is 4.32. The number of hydrogen-bond donors (Lipinski definition) is 2. The molecule has 0 aliphatic rings. The van der Waals surface area contributed by atoms with Crippen LogP contribution in [0.25, 0.3) is 10.1 Å². The van der Waals surface area contributed by atoms with Crippen LogP contribution >= 0.6 is 11.3 Å². The maximum atomic E-state index is 12.3. The Morgan fingerprint density at radius 3 is 2.48 bits per heavy atom. The molecule has 0 spiro atoms. The van der Waals surface area contributed by atoms with Gasteiger partial charge in [-0.25, -0.2) is 0 Å². The fourth-order valence-corrected chi connectivity index (χ4v) is 3.27. The molecule has 2 aromatic rings. The Kier molecular flexibility index (Phi) is 3.99. The van der Waals surface area contributed by atoms with Crippen LogP contribution in [0.15, 0.2) is 12.1 Å². The second-order valence-corrected chi connectivity index (χ2v) is 5.34. The van der Waals surface area contributed by atoms with Crippen molar-refractivity contribution < 1.29 is 19.9 Å². The number of benzene rings is 1. The molecule has 0 saturated heterocycles. The number of fused-ring (bicyclic) bond motifs is 1. The van der Waals surface area contributed by atoms with Crippen LogP contribution in [0.4, 0.5) is 5.69 Å². The highest BCUT2D eigenvalue weighted by molar-refractivity contribution is 7.22. The summed E-state index contributed by atoms with van der Waals surface area (Å²) in [5.41, 5.74) is -0.248. The van der Waals surface area contributed by atoms with Gasteiger partial charge in [-0.1, -0.05) is 0 Å². The second kappa shape index (κ2) is 5.57. The van der Waals surface area contributed by atoms with Crippen molar-refractivity contribution in [3.63, 3.8) is 0 Å². The van der Waals surface area contributed by atoms with E-state index in [1.165, 1.54) is 4.90 Å². The highest BCUT2D eigenvalue weighted by atomic mass is 32.1. The van der Waals surface area contributed by atoms with Crippen LogP contribution in [0.5, 0.6) is 11.5 Å². The zero-order valence-corrected chi connectivity index (χ0v) is 12.3. The van der Waals surface area contributed by atoms with Gasteiger partial charge >= 0.3 is 0 Å². The minimum absolute atomic E-state index is 0.00157. The van der Waals surface area contributed by atoms with Crippen molar-refractivity contribution in [1.82, 2.24) is 4.90 Å². The lowest BCUT2D eigenvalue weighted by Crippen LogP contribution is -2.29. The molecule has 1 aromatic heterocycles. The highest BCUT2D eigenvalue weighted by Gasteiger charge is 2.27. The number of carbonyl (C=O) groups is 1. The fourth-order valence-electron chi connectivity index (χ4n) is 2.10. The minimum Gasteiger partial charge on any atom is -0.507 e. The number of hydrogen-bond acceptors (Lipinski definition) is 6. The van der Waals surface area contributed by atoms with Crippen LogP contribution in [0.1, 0.15) is 23.5 Å². The van der Waals surface area contributed by atoms with E-state index in [1.54, 1.807) is 13.8 Å². The van der Waals surface area contributed by atoms with Gasteiger partial charge in [0.15, 0.2) is 5.75 Å². The molecule has 21 heavy (non-hydrogen) atoms. The molecule has 1 amide bonds. The van der Waals surface area contributed by atoms with Crippen molar-refractivity contribution in [2.75, 3.05) is 13.1 Å². The molecular weight excluding hydrogens is 296 g/mol. The van der Waals surface area contributed by atoms with Crippen molar-refractivity contribution in [3.8, 4) is 11.5 Å². The van der Waals surface area contributed by atoms with Gasteiger partial charge in [0, 0.05) is 19.2 Å². The summed E-state index contributed by atoms with van der Waals surface area (Å²) in [6.45, 7) is 4.51. The first-order valence-corrected chi connectivity index (χ1v) is 7.15. The number of aromatic hydroxyl groups is 2. The van der Waals surface area contributed by atoms with E-state index in [4.69, 9.17) is 0 Å². The number of nitro groups is 1. The van der Waals surface area contributed by atoms with Gasteiger partial charge in [0.25, 0.3) is 11.6 Å². The molecular formula is C13H14N2O5S. The number of phenolic OH excluding ortho intramolecular Hbond substituents is 1. The third-order valence-corrected chi connectivity index (χ3v) is 4.40. The van der Waals surface area contributed by atoms with E-state index in [0.29, 0.717) is 13.1 Å². The van der Waals surface area contributed by atoms with Crippen LogP contribution in [-0.4, -0.2) is 39.0 Å². The molecule has 0 fully saturated rings. The maximum Gasteiger partial charge on any atom is 0.287 e. The quantitative estimate of drug-likeness (QED) is 0.667. The Labute approximate surface area is 124 Å². The summed E-state index contributed by atoms with van der Waals surface area (Å²) >= 11 is 0.817. The monoisotopic (exact) mass is 310 g/mol. The Morgan fingerprint density at radius 1 is 1.33 bits per heavy atom. The number of nitrogens with zero attached hydrogens (tertiary/aromatic N) is 2. The Balaban J connectivity index is 2.71. The van der Waals surface area contributed by atoms with Crippen LogP contribution in [0.2, 0.25) is 0 Å². The molecule has 8 heteroatoms. The lowest BCUT2D eigenvalue weighted by molar-refractivity contribution is -0.382. The minimum atomic E-state index is -0.608. The van der Waals surface area contributed by atoms with Gasteiger partial charge in [0.05, 0.1) is 10.3 Å². The average Bonchev–Trinajstić information content (AvgIpc) is 2.78. The summed E-state index contributed by atoms with van der Waals surface area (Å²) in [5, 5.41) is 30.9. The molecule has 0 bridgehead atoms. The van der Waals surface area contributed by atoms with E-state index < -0.39 is 16.6 Å². The molecule has 1 aromatic carbocycles. The Morgan fingerprint density at radius 2 is 1.95 bits per heavy atom. The number of amides is 1. The predicted molar refractivity (Wildman–Crippen MR) is 79.1 cm³/mol. The number of thiophene rings is 1. The zero-order chi connectivity index (χ0) is 15.7. The van der Waals surface area contributed by atoms with E-state index in [0.717, 1.165) is 23.5 Å². The van der Waals surface area contributed by atoms with E-state index in [2.05, 4.69) is 0 Å². The van der Waals surface area contributed by atoms with Gasteiger partial charge in [-0.05, 0) is 19.9 Å². The van der Waals surface area contributed by atoms with Crippen molar-refractivity contribution in [2.45, 2.75) is 13.8 Å². The maximum absolute atomic E-state index is 12.3.